The van der Waals surface area contributed by atoms with Gasteiger partial charge in [-0.25, -0.2) is 0 Å². The number of hydrogen-bond acceptors (Lipinski definition) is 6. The van der Waals surface area contributed by atoms with Gasteiger partial charge in [0.2, 0.25) is 0 Å². The van der Waals surface area contributed by atoms with Crippen LogP contribution in [0.25, 0.3) is 0 Å². The van der Waals surface area contributed by atoms with Crippen molar-refractivity contribution in [3.05, 3.63) is 94.5 Å². The summed E-state index contributed by atoms with van der Waals surface area (Å²) in [6, 6.07) is 20.7. The van der Waals surface area contributed by atoms with Gasteiger partial charge in [0.25, 0.3) is 0 Å². The molecule has 174 valence electrons. The number of halogens is 1. The van der Waals surface area contributed by atoms with Gasteiger partial charge in [0.05, 0.1) is 25.2 Å². The molecule has 34 heavy (non-hydrogen) atoms. The van der Waals surface area contributed by atoms with E-state index in [1.807, 2.05) is 48.5 Å². The Kier molecular flexibility index (Phi) is 5.80. The highest BCUT2D eigenvalue weighted by Crippen LogP contribution is 2.57. The molecular weight excluding hydrogens is 454 g/mol. The fraction of sp³-hybridized carbons (Fsp3) is 0.259. The largest absolute Gasteiger partial charge is 0.497 e. The smallest absolute Gasteiger partial charge is 0.323 e. The molecule has 0 amide bonds. The number of Topliss-reactive ketones (excluding diaryl/α,β-unsaturated/α-hetero) is 1. The van der Waals surface area contributed by atoms with Gasteiger partial charge < -0.3 is 14.2 Å². The lowest BCUT2D eigenvalue weighted by atomic mass is 9.62. The van der Waals surface area contributed by atoms with Crippen LogP contribution in [0.5, 0.6) is 11.5 Å². The Balaban J connectivity index is 1.73. The number of ether oxygens (including phenoxy) is 3. The van der Waals surface area contributed by atoms with Gasteiger partial charge in [0, 0.05) is 17.0 Å². The first-order valence-electron chi connectivity index (χ1n) is 11.0. The van der Waals surface area contributed by atoms with Crippen molar-refractivity contribution in [2.24, 2.45) is 5.41 Å². The molecule has 3 aromatic rings. The number of ketones is 1. The Morgan fingerprint density at radius 1 is 1.00 bits per heavy atom. The number of rotatable bonds is 4. The Hall–Kier alpha value is -3.35. The molecule has 1 N–H and O–H groups in total. The second kappa shape index (κ2) is 8.78. The minimum atomic E-state index is -1.10. The van der Waals surface area contributed by atoms with Gasteiger partial charge in [-0.15, -0.1) is 0 Å². The fourth-order valence-corrected chi connectivity index (χ4v) is 5.45. The van der Waals surface area contributed by atoms with Crippen LogP contribution in [0.15, 0.2) is 72.8 Å². The van der Waals surface area contributed by atoms with E-state index in [1.165, 1.54) is 7.11 Å². The molecule has 0 bridgehead atoms. The van der Waals surface area contributed by atoms with Crippen LogP contribution in [0.3, 0.4) is 0 Å². The highest BCUT2D eigenvalue weighted by Gasteiger charge is 2.64. The molecule has 3 aromatic carbocycles. The van der Waals surface area contributed by atoms with Gasteiger partial charge in [-0.05, 0) is 47.5 Å². The van der Waals surface area contributed by atoms with E-state index >= 15 is 0 Å². The summed E-state index contributed by atoms with van der Waals surface area (Å²) in [5, 5.41) is 4.00. The predicted octanol–water partition coefficient (Wildman–Crippen LogP) is 4.58. The number of esters is 1. The lowest BCUT2D eigenvalue weighted by Gasteiger charge is -2.41. The van der Waals surface area contributed by atoms with Crippen molar-refractivity contribution in [2.45, 2.75) is 18.0 Å². The maximum Gasteiger partial charge on any atom is 0.323 e. The Morgan fingerprint density at radius 2 is 1.68 bits per heavy atom. The van der Waals surface area contributed by atoms with Crippen molar-refractivity contribution < 1.29 is 23.8 Å². The number of benzene rings is 3. The van der Waals surface area contributed by atoms with Crippen LogP contribution in [0.4, 0.5) is 0 Å². The van der Waals surface area contributed by atoms with Gasteiger partial charge >= 0.3 is 5.97 Å². The van der Waals surface area contributed by atoms with Crippen LogP contribution in [0.1, 0.15) is 33.4 Å². The number of nitrogens with one attached hydrogen (secondary N) is 1. The summed E-state index contributed by atoms with van der Waals surface area (Å²) in [7, 11) is 2.95. The molecular formula is C27H24ClNO5. The van der Waals surface area contributed by atoms with Crippen LogP contribution in [0, 0.1) is 5.41 Å². The molecule has 0 radical (unpaired) electrons. The number of methoxy groups -OCH3 is 2. The zero-order chi connectivity index (χ0) is 23.9. The second-order valence-corrected chi connectivity index (χ2v) is 8.99. The van der Waals surface area contributed by atoms with Crippen molar-refractivity contribution in [2.75, 3.05) is 20.8 Å². The summed E-state index contributed by atoms with van der Waals surface area (Å²) in [6.45, 7) is 0.104. The summed E-state index contributed by atoms with van der Waals surface area (Å²) in [6.07, 6.45) is 0. The van der Waals surface area contributed by atoms with E-state index in [0.29, 0.717) is 22.1 Å². The molecule has 0 saturated carbocycles. The predicted molar refractivity (Wildman–Crippen MR) is 128 cm³/mol. The molecule has 6 nitrogen and oxygen atoms in total. The Bertz CT molecular complexity index is 1230. The number of fused-ring (bicyclic) bond motifs is 1. The number of hydrogen-bond donors (Lipinski definition) is 1. The third kappa shape index (κ3) is 3.45. The minimum absolute atomic E-state index is 0.0750. The first kappa shape index (κ1) is 22.4. The van der Waals surface area contributed by atoms with Gasteiger partial charge in [-0.3, -0.25) is 14.9 Å². The van der Waals surface area contributed by atoms with Gasteiger partial charge in [-0.1, -0.05) is 48.0 Å². The summed E-state index contributed by atoms with van der Waals surface area (Å²) >= 11 is 6.16. The molecule has 7 heteroatoms. The Labute approximate surface area is 202 Å². The summed E-state index contributed by atoms with van der Waals surface area (Å²) in [5.74, 6) is 0.176. The van der Waals surface area contributed by atoms with Crippen LogP contribution in [0.2, 0.25) is 5.02 Å². The molecule has 1 saturated heterocycles. The van der Waals surface area contributed by atoms with E-state index < -0.39 is 29.4 Å². The third-order valence-corrected chi connectivity index (χ3v) is 7.16. The van der Waals surface area contributed by atoms with Crippen LogP contribution in [-0.4, -0.2) is 38.6 Å². The van der Waals surface area contributed by atoms with Gasteiger partial charge in [0.15, 0.2) is 5.78 Å². The molecule has 1 fully saturated rings. The van der Waals surface area contributed by atoms with Crippen molar-refractivity contribution in [1.82, 2.24) is 5.32 Å². The molecule has 0 unspecified atom stereocenters. The summed E-state index contributed by atoms with van der Waals surface area (Å²) in [5.41, 5.74) is 1.05. The molecule has 4 atom stereocenters. The molecule has 0 aromatic heterocycles. The normalized spacial score (nSPS) is 25.5. The number of carbonyl (C=O) groups excluding carboxylic acids is 2. The zero-order valence-corrected chi connectivity index (χ0v) is 19.5. The minimum Gasteiger partial charge on any atom is -0.497 e. The van der Waals surface area contributed by atoms with Crippen molar-refractivity contribution >= 4 is 23.4 Å². The SMILES string of the molecule is COC(=O)[C@H]1N[C@@H](c2ccc(OC)cc2)[C@]2(COc3ccccc3C2=O)[C@@H]1c1ccc(Cl)cc1. The van der Waals surface area contributed by atoms with Crippen LogP contribution < -0.4 is 14.8 Å². The van der Waals surface area contributed by atoms with Crippen LogP contribution >= 0.6 is 11.6 Å². The number of para-hydroxylation sites is 1. The van der Waals surface area contributed by atoms with Gasteiger partial charge in [0.1, 0.15) is 24.1 Å². The zero-order valence-electron chi connectivity index (χ0n) is 18.8. The fourth-order valence-electron chi connectivity index (χ4n) is 5.32. The van der Waals surface area contributed by atoms with E-state index in [9.17, 15) is 9.59 Å². The van der Waals surface area contributed by atoms with E-state index in [2.05, 4.69) is 5.32 Å². The van der Waals surface area contributed by atoms with E-state index in [1.54, 1.807) is 31.4 Å². The molecule has 2 aliphatic heterocycles. The standard InChI is InChI=1S/C27H24ClNO5/c1-32-19-13-9-17(10-14-19)24-27(15-34-21-6-4-3-5-20(21)25(27)30)22(23(29-24)26(31)33-2)16-7-11-18(28)12-8-16/h3-14,22-24,29H,15H2,1-2H3/t22-,23+,24+,27+/m1/s1. The maximum atomic E-state index is 14.3. The lowest BCUT2D eigenvalue weighted by Crippen LogP contribution is -2.48. The first-order valence-corrected chi connectivity index (χ1v) is 11.4. The summed E-state index contributed by atoms with van der Waals surface area (Å²) < 4.78 is 16.7. The highest BCUT2D eigenvalue weighted by atomic mass is 35.5. The average molecular weight is 478 g/mol. The first-order chi connectivity index (χ1) is 16.5. The van der Waals surface area contributed by atoms with E-state index in [0.717, 1.165) is 11.1 Å². The van der Waals surface area contributed by atoms with Crippen molar-refractivity contribution in [3.63, 3.8) is 0 Å². The summed E-state index contributed by atoms with van der Waals surface area (Å²) in [4.78, 5) is 27.4. The molecule has 2 heterocycles. The molecule has 2 aliphatic rings. The van der Waals surface area contributed by atoms with E-state index in [4.69, 9.17) is 25.8 Å². The quantitative estimate of drug-likeness (QED) is 0.554. The highest BCUT2D eigenvalue weighted by molar-refractivity contribution is 6.30. The lowest BCUT2D eigenvalue weighted by molar-refractivity contribution is -0.143. The van der Waals surface area contributed by atoms with Gasteiger partial charge in [-0.2, -0.15) is 0 Å². The molecule has 5 rings (SSSR count). The Morgan fingerprint density at radius 3 is 2.35 bits per heavy atom. The molecule has 0 aliphatic carbocycles. The van der Waals surface area contributed by atoms with Crippen molar-refractivity contribution in [3.8, 4) is 11.5 Å². The average Bonchev–Trinajstić information content (AvgIpc) is 3.22. The van der Waals surface area contributed by atoms with E-state index in [-0.39, 0.29) is 12.4 Å². The monoisotopic (exact) mass is 477 g/mol. The third-order valence-electron chi connectivity index (χ3n) is 6.90. The molecule has 1 spiro atoms. The number of carbonyl (C=O) groups is 2. The topological polar surface area (TPSA) is 73.9 Å². The van der Waals surface area contributed by atoms with Crippen LogP contribution in [-0.2, 0) is 9.53 Å². The van der Waals surface area contributed by atoms with Crippen molar-refractivity contribution in [1.29, 1.82) is 0 Å². The maximum absolute atomic E-state index is 14.3. The second-order valence-electron chi connectivity index (χ2n) is 8.56.